The van der Waals surface area contributed by atoms with E-state index in [-0.39, 0.29) is 11.8 Å². The van der Waals surface area contributed by atoms with Crippen molar-refractivity contribution >= 4 is 11.8 Å². The molecule has 1 heterocycles. The van der Waals surface area contributed by atoms with Gasteiger partial charge in [0.25, 0.3) is 0 Å². The zero-order valence-corrected chi connectivity index (χ0v) is 14.1. The number of amides is 2. The molecule has 0 aliphatic carbocycles. The average Bonchev–Trinajstić information content (AvgIpc) is 2.82. The molecule has 0 saturated carbocycles. The lowest BCUT2D eigenvalue weighted by molar-refractivity contribution is -0.133. The molecule has 1 aliphatic heterocycles. The lowest BCUT2D eigenvalue weighted by Crippen LogP contribution is -2.37. The molecule has 5 nitrogen and oxygen atoms in total. The first-order valence-electron chi connectivity index (χ1n) is 8.41. The summed E-state index contributed by atoms with van der Waals surface area (Å²) < 4.78 is 5.41. The largest absolute Gasteiger partial charge is 0.494 e. The van der Waals surface area contributed by atoms with Gasteiger partial charge in [0.2, 0.25) is 11.8 Å². The highest BCUT2D eigenvalue weighted by molar-refractivity contribution is 5.79. The Kier molecular flexibility index (Phi) is 6.44. The minimum absolute atomic E-state index is 0.125. The van der Waals surface area contributed by atoms with Crippen LogP contribution >= 0.6 is 0 Å². The quantitative estimate of drug-likeness (QED) is 0.835. The summed E-state index contributed by atoms with van der Waals surface area (Å²) in [7, 11) is 0. The van der Waals surface area contributed by atoms with E-state index in [0.29, 0.717) is 32.5 Å². The first kappa shape index (κ1) is 17.3. The Morgan fingerprint density at radius 2 is 1.57 bits per heavy atom. The number of nitrogens with zero attached hydrogens (tertiary/aromatic N) is 2. The van der Waals surface area contributed by atoms with Crippen LogP contribution in [0.2, 0.25) is 0 Å². The minimum Gasteiger partial charge on any atom is -0.494 e. The van der Waals surface area contributed by atoms with Gasteiger partial charge in [-0.05, 0) is 31.0 Å². The fourth-order valence-corrected chi connectivity index (χ4v) is 2.80. The fraction of sp³-hybridized carbons (Fsp3) is 0.556. The third-order valence-corrected chi connectivity index (χ3v) is 4.09. The summed E-state index contributed by atoms with van der Waals surface area (Å²) in [6.45, 7) is 7.20. The molecule has 126 valence electrons. The highest BCUT2D eigenvalue weighted by atomic mass is 16.5. The van der Waals surface area contributed by atoms with Crippen LogP contribution in [0.4, 0.5) is 0 Å². The first-order chi connectivity index (χ1) is 11.1. The Labute approximate surface area is 138 Å². The predicted octanol–water partition coefficient (Wildman–Crippen LogP) is 2.10. The SMILES string of the molecule is CCOc1ccc(CC(=O)N2CCCN(C(=O)CC)CC2)cc1. The molecule has 0 atom stereocenters. The Morgan fingerprint density at radius 1 is 0.957 bits per heavy atom. The van der Waals surface area contributed by atoms with Crippen LogP contribution in [0.25, 0.3) is 0 Å². The van der Waals surface area contributed by atoms with Gasteiger partial charge in [0, 0.05) is 32.6 Å². The van der Waals surface area contributed by atoms with Crippen LogP contribution in [0.5, 0.6) is 5.75 Å². The molecule has 1 aliphatic rings. The summed E-state index contributed by atoms with van der Waals surface area (Å²) in [6, 6.07) is 7.67. The van der Waals surface area contributed by atoms with Gasteiger partial charge in [0.15, 0.2) is 0 Å². The fourth-order valence-electron chi connectivity index (χ4n) is 2.80. The zero-order valence-electron chi connectivity index (χ0n) is 14.1. The summed E-state index contributed by atoms with van der Waals surface area (Å²) >= 11 is 0. The molecule has 1 fully saturated rings. The van der Waals surface area contributed by atoms with Crippen LogP contribution in [0, 0.1) is 0 Å². The van der Waals surface area contributed by atoms with Gasteiger partial charge in [-0.25, -0.2) is 0 Å². The second-order valence-electron chi connectivity index (χ2n) is 5.72. The lowest BCUT2D eigenvalue weighted by atomic mass is 10.1. The number of benzene rings is 1. The maximum Gasteiger partial charge on any atom is 0.227 e. The van der Waals surface area contributed by atoms with Crippen molar-refractivity contribution in [3.63, 3.8) is 0 Å². The molecular weight excluding hydrogens is 292 g/mol. The molecule has 23 heavy (non-hydrogen) atoms. The van der Waals surface area contributed by atoms with Crippen LogP contribution in [0.15, 0.2) is 24.3 Å². The average molecular weight is 318 g/mol. The van der Waals surface area contributed by atoms with Crippen LogP contribution in [0.1, 0.15) is 32.3 Å². The van der Waals surface area contributed by atoms with Crippen molar-refractivity contribution in [1.29, 1.82) is 0 Å². The normalized spacial score (nSPS) is 15.2. The summed E-state index contributed by atoms with van der Waals surface area (Å²) in [6.07, 6.45) is 1.77. The third-order valence-electron chi connectivity index (χ3n) is 4.09. The zero-order chi connectivity index (χ0) is 16.7. The first-order valence-corrected chi connectivity index (χ1v) is 8.41. The smallest absolute Gasteiger partial charge is 0.227 e. The molecular formula is C18H26N2O3. The standard InChI is InChI=1S/C18H26N2O3/c1-3-17(21)19-10-5-11-20(13-12-19)18(22)14-15-6-8-16(9-7-15)23-4-2/h6-9H,3-5,10-14H2,1-2H3. The van der Waals surface area contributed by atoms with E-state index in [9.17, 15) is 9.59 Å². The minimum atomic E-state index is 0.125. The van der Waals surface area contributed by atoms with E-state index in [1.165, 1.54) is 0 Å². The van der Waals surface area contributed by atoms with Crippen molar-refractivity contribution in [2.75, 3.05) is 32.8 Å². The Morgan fingerprint density at radius 3 is 2.13 bits per heavy atom. The van der Waals surface area contributed by atoms with E-state index in [1.54, 1.807) is 0 Å². The van der Waals surface area contributed by atoms with Gasteiger partial charge >= 0.3 is 0 Å². The van der Waals surface area contributed by atoms with Crippen molar-refractivity contribution in [2.45, 2.75) is 33.1 Å². The van der Waals surface area contributed by atoms with Gasteiger partial charge < -0.3 is 14.5 Å². The number of carbonyl (C=O) groups is 2. The molecule has 0 radical (unpaired) electrons. The summed E-state index contributed by atoms with van der Waals surface area (Å²) in [5.41, 5.74) is 0.990. The second-order valence-corrected chi connectivity index (χ2v) is 5.72. The van der Waals surface area contributed by atoms with Gasteiger partial charge in [-0.3, -0.25) is 9.59 Å². The monoisotopic (exact) mass is 318 g/mol. The molecule has 0 N–H and O–H groups in total. The summed E-state index contributed by atoms with van der Waals surface area (Å²) in [5.74, 6) is 1.12. The van der Waals surface area contributed by atoms with E-state index >= 15 is 0 Å². The molecule has 0 bridgehead atoms. The summed E-state index contributed by atoms with van der Waals surface area (Å²) in [4.78, 5) is 28.0. The van der Waals surface area contributed by atoms with Crippen molar-refractivity contribution in [2.24, 2.45) is 0 Å². The summed E-state index contributed by atoms with van der Waals surface area (Å²) in [5, 5.41) is 0. The Bertz CT molecular complexity index is 528. The van der Waals surface area contributed by atoms with Crippen LogP contribution in [0.3, 0.4) is 0 Å². The van der Waals surface area contributed by atoms with E-state index in [0.717, 1.165) is 30.8 Å². The number of rotatable bonds is 5. The molecule has 5 heteroatoms. The molecule has 0 spiro atoms. The van der Waals surface area contributed by atoms with Gasteiger partial charge in [-0.1, -0.05) is 19.1 Å². The van der Waals surface area contributed by atoms with Gasteiger partial charge in [0.05, 0.1) is 13.0 Å². The molecule has 2 rings (SSSR count). The van der Waals surface area contributed by atoms with Crippen molar-refractivity contribution in [3.05, 3.63) is 29.8 Å². The van der Waals surface area contributed by atoms with E-state index in [2.05, 4.69) is 0 Å². The third kappa shape index (κ3) is 4.98. The Balaban J connectivity index is 1.89. The molecule has 1 aromatic carbocycles. The molecule has 0 unspecified atom stereocenters. The number of hydrogen-bond acceptors (Lipinski definition) is 3. The van der Waals surface area contributed by atoms with Crippen LogP contribution in [-0.4, -0.2) is 54.4 Å². The van der Waals surface area contributed by atoms with E-state index < -0.39 is 0 Å². The maximum absolute atomic E-state index is 12.5. The molecule has 1 aromatic rings. The van der Waals surface area contributed by atoms with Gasteiger partial charge in [-0.15, -0.1) is 0 Å². The van der Waals surface area contributed by atoms with Crippen LogP contribution < -0.4 is 4.74 Å². The number of hydrogen-bond donors (Lipinski definition) is 0. The second kappa shape index (κ2) is 8.56. The highest BCUT2D eigenvalue weighted by Gasteiger charge is 2.21. The molecule has 0 aromatic heterocycles. The van der Waals surface area contributed by atoms with Crippen molar-refractivity contribution in [1.82, 2.24) is 9.80 Å². The molecule has 2 amide bonds. The lowest BCUT2D eigenvalue weighted by Gasteiger charge is -2.22. The van der Waals surface area contributed by atoms with Crippen molar-refractivity contribution in [3.8, 4) is 5.75 Å². The number of carbonyl (C=O) groups excluding carboxylic acids is 2. The highest BCUT2D eigenvalue weighted by Crippen LogP contribution is 2.14. The number of ether oxygens (including phenoxy) is 1. The Hall–Kier alpha value is -2.04. The predicted molar refractivity (Wildman–Crippen MR) is 89.4 cm³/mol. The van der Waals surface area contributed by atoms with E-state index in [1.807, 2.05) is 47.9 Å². The molecule has 1 saturated heterocycles. The van der Waals surface area contributed by atoms with Crippen LogP contribution in [-0.2, 0) is 16.0 Å². The maximum atomic E-state index is 12.5. The van der Waals surface area contributed by atoms with E-state index in [4.69, 9.17) is 4.74 Å². The van der Waals surface area contributed by atoms with Crippen molar-refractivity contribution < 1.29 is 14.3 Å². The van der Waals surface area contributed by atoms with Gasteiger partial charge in [0.1, 0.15) is 5.75 Å². The van der Waals surface area contributed by atoms with Gasteiger partial charge in [-0.2, -0.15) is 0 Å². The topological polar surface area (TPSA) is 49.9 Å².